The second-order valence-electron chi connectivity index (χ2n) is 5.87. The van der Waals surface area contributed by atoms with Gasteiger partial charge in [0.05, 0.1) is 5.69 Å². The summed E-state index contributed by atoms with van der Waals surface area (Å²) in [7, 11) is 0. The molecule has 0 aliphatic heterocycles. The number of nitrogens with zero attached hydrogens (tertiary/aromatic N) is 1. The number of H-pyrrole nitrogens is 1. The van der Waals surface area contributed by atoms with Gasteiger partial charge in [-0.2, -0.15) is 0 Å². The van der Waals surface area contributed by atoms with E-state index in [2.05, 4.69) is 22.2 Å². The summed E-state index contributed by atoms with van der Waals surface area (Å²) < 4.78 is 0. The topological polar surface area (TPSA) is 78.0 Å². The van der Waals surface area contributed by atoms with Crippen LogP contribution in [0.2, 0.25) is 0 Å². The first-order valence-corrected chi connectivity index (χ1v) is 8.18. The Hall–Kier alpha value is -2.66. The van der Waals surface area contributed by atoms with E-state index in [9.17, 15) is 9.90 Å². The smallest absolute Gasteiger partial charge is 0.259 e. The molecule has 1 atom stereocenters. The molecule has 0 aliphatic carbocycles. The predicted molar refractivity (Wildman–Crippen MR) is 94.7 cm³/mol. The number of anilines is 1. The standard InChI is InChI=1S/C19H21N3O2/c1-2-3-4-13-5-8-16(21-12-13)18(23)19(24)22-15-7-6-14-9-10-20-17(14)11-15/h5-12,18,20,23H,2-4H2,1H3,(H,22,24). The molecule has 5 nitrogen and oxygen atoms in total. The highest BCUT2D eigenvalue weighted by Crippen LogP contribution is 2.20. The van der Waals surface area contributed by atoms with Gasteiger partial charge >= 0.3 is 0 Å². The molecule has 0 fully saturated rings. The number of aliphatic hydroxyl groups is 1. The fourth-order valence-electron chi connectivity index (χ4n) is 2.60. The third-order valence-electron chi connectivity index (χ3n) is 4.02. The molecule has 3 rings (SSSR count). The fraction of sp³-hybridized carbons (Fsp3) is 0.263. The van der Waals surface area contributed by atoms with Crippen molar-refractivity contribution in [1.29, 1.82) is 0 Å². The number of aliphatic hydroxyl groups excluding tert-OH is 1. The van der Waals surface area contributed by atoms with E-state index >= 15 is 0 Å². The van der Waals surface area contributed by atoms with Gasteiger partial charge in [0.15, 0.2) is 6.10 Å². The molecule has 1 aromatic carbocycles. The molecule has 124 valence electrons. The zero-order chi connectivity index (χ0) is 16.9. The van der Waals surface area contributed by atoms with Crippen LogP contribution < -0.4 is 5.32 Å². The molecule has 1 unspecified atom stereocenters. The number of fused-ring (bicyclic) bond motifs is 1. The van der Waals surface area contributed by atoms with E-state index in [1.165, 1.54) is 0 Å². The number of unbranched alkanes of at least 4 members (excludes halogenated alkanes) is 1. The Labute approximate surface area is 140 Å². The van der Waals surface area contributed by atoms with Gasteiger partial charge in [-0.25, -0.2) is 0 Å². The third-order valence-corrected chi connectivity index (χ3v) is 4.02. The average Bonchev–Trinajstić information content (AvgIpc) is 3.07. The number of carbonyl (C=O) groups is 1. The molecule has 0 aliphatic rings. The molecule has 0 saturated carbocycles. The number of pyridine rings is 1. The van der Waals surface area contributed by atoms with Gasteiger partial charge in [-0.05, 0) is 48.1 Å². The van der Waals surface area contributed by atoms with Crippen LogP contribution in [0.4, 0.5) is 5.69 Å². The molecule has 5 heteroatoms. The highest BCUT2D eigenvalue weighted by Gasteiger charge is 2.19. The lowest BCUT2D eigenvalue weighted by Gasteiger charge is -2.11. The van der Waals surface area contributed by atoms with Crippen molar-refractivity contribution in [2.45, 2.75) is 32.3 Å². The molecule has 3 N–H and O–H groups in total. The number of benzene rings is 1. The Morgan fingerprint density at radius 3 is 2.92 bits per heavy atom. The number of amides is 1. The largest absolute Gasteiger partial charge is 0.377 e. The van der Waals surface area contributed by atoms with Gasteiger partial charge < -0.3 is 15.4 Å². The number of hydrogen-bond donors (Lipinski definition) is 3. The highest BCUT2D eigenvalue weighted by molar-refractivity contribution is 5.96. The molecular weight excluding hydrogens is 302 g/mol. The SMILES string of the molecule is CCCCc1ccc(C(O)C(=O)Nc2ccc3cc[nH]c3c2)nc1. The van der Waals surface area contributed by atoms with E-state index in [-0.39, 0.29) is 0 Å². The second kappa shape index (κ2) is 7.27. The summed E-state index contributed by atoms with van der Waals surface area (Å²) in [4.78, 5) is 19.5. The first-order chi connectivity index (χ1) is 11.7. The third kappa shape index (κ3) is 3.63. The number of carbonyl (C=O) groups excluding carboxylic acids is 1. The summed E-state index contributed by atoms with van der Waals surface area (Å²) in [5, 5.41) is 14.0. The molecule has 24 heavy (non-hydrogen) atoms. The van der Waals surface area contributed by atoms with E-state index in [0.717, 1.165) is 35.7 Å². The van der Waals surface area contributed by atoms with Crippen LogP contribution in [0.5, 0.6) is 0 Å². The van der Waals surface area contributed by atoms with Crippen LogP contribution in [0, 0.1) is 0 Å². The quantitative estimate of drug-likeness (QED) is 0.649. The van der Waals surface area contributed by atoms with Gasteiger partial charge in [0, 0.05) is 23.6 Å². The first-order valence-electron chi connectivity index (χ1n) is 8.18. The average molecular weight is 323 g/mol. The van der Waals surface area contributed by atoms with Gasteiger partial charge in [-0.15, -0.1) is 0 Å². The number of nitrogens with one attached hydrogen (secondary N) is 2. The lowest BCUT2D eigenvalue weighted by Crippen LogP contribution is -2.21. The van der Waals surface area contributed by atoms with Crippen molar-refractivity contribution >= 4 is 22.5 Å². The monoisotopic (exact) mass is 323 g/mol. The van der Waals surface area contributed by atoms with Crippen LogP contribution in [-0.2, 0) is 11.2 Å². The number of aromatic amines is 1. The van der Waals surface area contributed by atoms with Crippen LogP contribution in [-0.4, -0.2) is 21.0 Å². The second-order valence-corrected chi connectivity index (χ2v) is 5.87. The van der Waals surface area contributed by atoms with Crippen LogP contribution in [0.1, 0.15) is 37.1 Å². The Morgan fingerprint density at radius 1 is 1.29 bits per heavy atom. The zero-order valence-electron chi connectivity index (χ0n) is 13.6. The van der Waals surface area contributed by atoms with E-state index in [0.29, 0.717) is 11.4 Å². The zero-order valence-corrected chi connectivity index (χ0v) is 13.6. The minimum Gasteiger partial charge on any atom is -0.377 e. The number of rotatable bonds is 6. The highest BCUT2D eigenvalue weighted by atomic mass is 16.3. The molecule has 0 bridgehead atoms. The maximum atomic E-state index is 12.2. The van der Waals surface area contributed by atoms with Gasteiger partial charge in [-0.1, -0.05) is 25.5 Å². The summed E-state index contributed by atoms with van der Waals surface area (Å²) in [6.07, 6.45) is 5.47. The van der Waals surface area contributed by atoms with Crippen molar-refractivity contribution in [1.82, 2.24) is 9.97 Å². The summed E-state index contributed by atoms with van der Waals surface area (Å²) in [6, 6.07) is 11.1. The van der Waals surface area contributed by atoms with E-state index in [4.69, 9.17) is 0 Å². The van der Waals surface area contributed by atoms with Crippen molar-refractivity contribution in [2.75, 3.05) is 5.32 Å². The van der Waals surface area contributed by atoms with Crippen LogP contribution in [0.15, 0.2) is 48.8 Å². The van der Waals surface area contributed by atoms with Gasteiger partial charge in [-0.3, -0.25) is 9.78 Å². The van der Waals surface area contributed by atoms with Gasteiger partial charge in [0.25, 0.3) is 5.91 Å². The van der Waals surface area contributed by atoms with Crippen molar-refractivity contribution in [2.24, 2.45) is 0 Å². The Balaban J connectivity index is 1.67. The number of hydrogen-bond acceptors (Lipinski definition) is 3. The van der Waals surface area contributed by atoms with Crippen molar-refractivity contribution in [3.8, 4) is 0 Å². The molecule has 0 spiro atoms. The van der Waals surface area contributed by atoms with Crippen molar-refractivity contribution in [3.05, 3.63) is 60.0 Å². The predicted octanol–water partition coefficient (Wildman–Crippen LogP) is 3.58. The maximum Gasteiger partial charge on any atom is 0.259 e. The van der Waals surface area contributed by atoms with E-state index in [1.54, 1.807) is 12.3 Å². The van der Waals surface area contributed by atoms with E-state index < -0.39 is 12.0 Å². The molecule has 2 aromatic heterocycles. The lowest BCUT2D eigenvalue weighted by molar-refractivity contribution is -0.124. The molecule has 0 saturated heterocycles. The molecular formula is C19H21N3O2. The normalized spacial score (nSPS) is 12.2. The molecule has 0 radical (unpaired) electrons. The first kappa shape index (κ1) is 16.2. The summed E-state index contributed by atoms with van der Waals surface area (Å²) >= 11 is 0. The molecule has 2 heterocycles. The van der Waals surface area contributed by atoms with E-state index in [1.807, 2.05) is 36.5 Å². The van der Waals surface area contributed by atoms with Crippen molar-refractivity contribution in [3.63, 3.8) is 0 Å². The summed E-state index contributed by atoms with van der Waals surface area (Å²) in [5.74, 6) is -0.491. The minimum absolute atomic E-state index is 0.355. The Morgan fingerprint density at radius 2 is 2.17 bits per heavy atom. The van der Waals surface area contributed by atoms with Crippen LogP contribution in [0.25, 0.3) is 10.9 Å². The lowest BCUT2D eigenvalue weighted by atomic mass is 10.1. The fourth-order valence-corrected chi connectivity index (χ4v) is 2.60. The van der Waals surface area contributed by atoms with Gasteiger partial charge in [0.2, 0.25) is 0 Å². The van der Waals surface area contributed by atoms with Crippen LogP contribution in [0.3, 0.4) is 0 Å². The maximum absolute atomic E-state index is 12.2. The molecule has 3 aromatic rings. The van der Waals surface area contributed by atoms with Gasteiger partial charge in [0.1, 0.15) is 0 Å². The minimum atomic E-state index is -1.29. The van der Waals surface area contributed by atoms with Crippen LogP contribution >= 0.6 is 0 Å². The number of aryl methyl sites for hydroxylation is 1. The van der Waals surface area contributed by atoms with Crippen molar-refractivity contribution < 1.29 is 9.90 Å². The number of aromatic nitrogens is 2. The Bertz CT molecular complexity index is 824. The molecule has 1 amide bonds. The summed E-state index contributed by atoms with van der Waals surface area (Å²) in [5.41, 5.74) is 3.04. The summed E-state index contributed by atoms with van der Waals surface area (Å²) in [6.45, 7) is 2.14. The Kier molecular flexibility index (Phi) is 4.91.